The molecule has 4 heterocycles. The number of pyridine rings is 1. The largest absolute Gasteiger partial charge is 0.479 e. The van der Waals surface area contributed by atoms with E-state index in [4.69, 9.17) is 26.8 Å². The summed E-state index contributed by atoms with van der Waals surface area (Å²) < 4.78 is 12.3. The molecule has 4 atom stereocenters. The summed E-state index contributed by atoms with van der Waals surface area (Å²) in [4.78, 5) is 39.7. The Balaban J connectivity index is 1.57. The highest BCUT2D eigenvalue weighted by Crippen LogP contribution is 2.33. The van der Waals surface area contributed by atoms with Gasteiger partial charge in [-0.1, -0.05) is 6.07 Å². The van der Waals surface area contributed by atoms with E-state index < -0.39 is 55.1 Å². The lowest BCUT2D eigenvalue weighted by Crippen LogP contribution is -2.53. The molecule has 3 aromatic rings. The van der Waals surface area contributed by atoms with Crippen molar-refractivity contribution in [2.75, 3.05) is 12.3 Å². The topological polar surface area (TPSA) is 216 Å². The van der Waals surface area contributed by atoms with E-state index >= 15 is 0 Å². The smallest absolute Gasteiger partial charge is 0.348 e. The Morgan fingerprint density at radius 2 is 1.91 bits per heavy atom. The Bertz CT molecular complexity index is 1210. The van der Waals surface area contributed by atoms with Crippen molar-refractivity contribution in [1.82, 2.24) is 24.5 Å². The van der Waals surface area contributed by atoms with Crippen LogP contribution in [0.3, 0.4) is 0 Å². The minimum absolute atomic E-state index is 0.0103. The lowest BCUT2D eigenvalue weighted by atomic mass is 9.97. The fourth-order valence-corrected chi connectivity index (χ4v) is 3.76. The number of fused-ring (bicyclic) bond motifs is 1. The van der Waals surface area contributed by atoms with Gasteiger partial charge in [-0.15, -0.1) is 0 Å². The lowest BCUT2D eigenvalue weighted by molar-refractivity contribution is -0.190. The van der Waals surface area contributed by atoms with Crippen molar-refractivity contribution >= 4 is 40.5 Å². The van der Waals surface area contributed by atoms with Gasteiger partial charge in [-0.05, 0) is 23.7 Å². The van der Waals surface area contributed by atoms with Crippen LogP contribution in [0.4, 0.5) is 5.82 Å². The molecule has 34 heavy (non-hydrogen) atoms. The molecule has 4 rings (SSSR count). The highest BCUT2D eigenvalue weighted by atomic mass is 35.5. The Morgan fingerprint density at radius 3 is 2.56 bits per heavy atom. The number of anilines is 1. The molecule has 0 spiro atoms. The van der Waals surface area contributed by atoms with E-state index in [9.17, 15) is 30.0 Å². The first kappa shape index (κ1) is 23.7. The van der Waals surface area contributed by atoms with Crippen molar-refractivity contribution < 1.29 is 39.5 Å². The molecule has 0 bridgehead atoms. The maximum Gasteiger partial charge on any atom is 0.348 e. The van der Waals surface area contributed by atoms with Crippen molar-refractivity contribution in [3.63, 3.8) is 0 Å². The number of carboxylic acids is 2. The molecule has 180 valence electrons. The molecule has 14 nitrogen and oxygen atoms in total. The number of hydrogen-bond donors (Lipinski definition) is 5. The summed E-state index contributed by atoms with van der Waals surface area (Å²) in [5.41, 5.74) is 3.53. The van der Waals surface area contributed by atoms with E-state index in [1.54, 1.807) is 12.1 Å². The predicted octanol–water partition coefficient (Wildman–Crippen LogP) is -0.757. The molecule has 1 aliphatic heterocycles. The molecule has 1 aliphatic rings. The quantitative estimate of drug-likeness (QED) is 0.192. The van der Waals surface area contributed by atoms with Crippen LogP contribution in [-0.2, 0) is 25.5 Å². The first-order valence-corrected chi connectivity index (χ1v) is 10.2. The third-order valence-corrected chi connectivity index (χ3v) is 5.54. The maximum atomic E-state index is 11.9. The van der Waals surface area contributed by atoms with Gasteiger partial charge in [0.15, 0.2) is 17.7 Å². The number of imidazole rings is 1. The van der Waals surface area contributed by atoms with E-state index in [1.165, 1.54) is 23.2 Å². The standard InChI is InChI=1S/C19H19ClN6O8/c20-18-24-13(21)10-14(25-18)26(7-23-10)15-12(28)11(27)9(34-15)6-33-19(16(29)30,17(31)32)5-8-3-1-2-4-22-8/h1-4,7,9,11-12,15,27-28H,5-6H2,(H,29,30)(H,31,32)(H2,21,24,25). The number of aliphatic carboxylic acids is 2. The van der Waals surface area contributed by atoms with Crippen molar-refractivity contribution in [1.29, 1.82) is 0 Å². The summed E-state index contributed by atoms with van der Waals surface area (Å²) in [7, 11) is 0. The van der Waals surface area contributed by atoms with E-state index in [-0.39, 0.29) is 28.0 Å². The number of hydrogen-bond acceptors (Lipinski definition) is 11. The van der Waals surface area contributed by atoms with Crippen LogP contribution >= 0.6 is 11.6 Å². The number of nitrogen functional groups attached to an aromatic ring is 1. The average molecular weight is 495 g/mol. The van der Waals surface area contributed by atoms with Crippen molar-refractivity contribution in [3.8, 4) is 0 Å². The first-order valence-electron chi connectivity index (χ1n) is 9.82. The minimum atomic E-state index is -2.71. The fourth-order valence-electron chi connectivity index (χ4n) is 3.59. The number of nitrogens with two attached hydrogens (primary N) is 1. The zero-order valence-electron chi connectivity index (χ0n) is 17.2. The molecule has 0 saturated carbocycles. The van der Waals surface area contributed by atoms with Crippen LogP contribution in [0.2, 0.25) is 5.28 Å². The number of carbonyl (C=O) groups is 2. The van der Waals surface area contributed by atoms with Gasteiger partial charge in [0.2, 0.25) is 5.28 Å². The number of aliphatic hydroxyl groups is 2. The Kier molecular flexibility index (Phi) is 6.33. The van der Waals surface area contributed by atoms with Gasteiger partial charge in [-0.25, -0.2) is 14.6 Å². The molecule has 0 amide bonds. The molecule has 3 aromatic heterocycles. The Morgan fingerprint density at radius 1 is 1.18 bits per heavy atom. The number of halogens is 1. The van der Waals surface area contributed by atoms with E-state index in [0.717, 1.165) is 0 Å². The molecule has 0 radical (unpaired) electrons. The summed E-state index contributed by atoms with van der Waals surface area (Å²) in [5, 5.41) is 40.2. The van der Waals surface area contributed by atoms with Crippen molar-refractivity contribution in [2.24, 2.45) is 0 Å². The Hall–Kier alpha value is -3.43. The van der Waals surface area contributed by atoms with Gasteiger partial charge >= 0.3 is 11.9 Å². The number of ether oxygens (including phenoxy) is 2. The highest BCUT2D eigenvalue weighted by molar-refractivity contribution is 6.28. The van der Waals surface area contributed by atoms with Crippen LogP contribution in [0.1, 0.15) is 11.9 Å². The second-order valence-corrected chi connectivity index (χ2v) is 7.83. The molecular weight excluding hydrogens is 476 g/mol. The fraction of sp³-hybridized carbons (Fsp3) is 0.368. The van der Waals surface area contributed by atoms with Crippen LogP contribution < -0.4 is 5.73 Å². The molecule has 0 aromatic carbocycles. The molecule has 0 aliphatic carbocycles. The second-order valence-electron chi connectivity index (χ2n) is 7.49. The van der Waals surface area contributed by atoms with Crippen LogP contribution in [0.25, 0.3) is 11.2 Å². The molecule has 1 fully saturated rings. The number of aromatic nitrogens is 5. The zero-order chi connectivity index (χ0) is 24.6. The monoisotopic (exact) mass is 494 g/mol. The van der Waals surface area contributed by atoms with E-state index in [1.807, 2.05) is 0 Å². The SMILES string of the molecule is Nc1nc(Cl)nc2c1ncn2C1OC(COC(Cc2ccccn2)(C(=O)O)C(=O)O)C(O)C1O. The summed E-state index contributed by atoms with van der Waals surface area (Å²) >= 11 is 5.85. The predicted molar refractivity (Wildman–Crippen MR) is 113 cm³/mol. The maximum absolute atomic E-state index is 11.9. The normalized spacial score (nSPS) is 22.8. The molecule has 15 heteroatoms. The van der Waals surface area contributed by atoms with Gasteiger partial charge in [-0.3, -0.25) is 9.55 Å². The van der Waals surface area contributed by atoms with Crippen molar-refractivity contribution in [3.05, 3.63) is 41.7 Å². The van der Waals surface area contributed by atoms with Gasteiger partial charge < -0.3 is 35.6 Å². The molecule has 1 saturated heterocycles. The average Bonchev–Trinajstić information content (AvgIpc) is 3.33. The number of carboxylic acid groups (broad SMARTS) is 2. The third-order valence-electron chi connectivity index (χ3n) is 5.37. The lowest BCUT2D eigenvalue weighted by Gasteiger charge is -2.27. The summed E-state index contributed by atoms with van der Waals surface area (Å²) in [6.07, 6.45) is -3.59. The second kappa shape index (κ2) is 9.08. The first-order chi connectivity index (χ1) is 16.1. The third kappa shape index (κ3) is 4.12. The molecule has 6 N–H and O–H groups in total. The van der Waals surface area contributed by atoms with E-state index in [0.29, 0.717) is 0 Å². The van der Waals surface area contributed by atoms with Crippen LogP contribution in [-0.4, -0.2) is 87.4 Å². The Labute approximate surface area is 195 Å². The highest BCUT2D eigenvalue weighted by Gasteiger charge is 2.51. The summed E-state index contributed by atoms with van der Waals surface area (Å²) in [6, 6.07) is 4.61. The number of nitrogens with zero attached hydrogens (tertiary/aromatic N) is 5. The van der Waals surface area contributed by atoms with Crippen molar-refractivity contribution in [2.45, 2.75) is 36.6 Å². The van der Waals surface area contributed by atoms with Crippen LogP contribution in [0.5, 0.6) is 0 Å². The molecular formula is C19H19ClN6O8. The van der Waals surface area contributed by atoms with Gasteiger partial charge in [-0.2, -0.15) is 9.97 Å². The van der Waals surface area contributed by atoms with E-state index in [2.05, 4.69) is 19.9 Å². The van der Waals surface area contributed by atoms with Gasteiger partial charge in [0, 0.05) is 18.3 Å². The van der Waals surface area contributed by atoms with Gasteiger partial charge in [0.1, 0.15) is 23.8 Å². The van der Waals surface area contributed by atoms with Crippen LogP contribution in [0, 0.1) is 0 Å². The number of rotatable bonds is 8. The minimum Gasteiger partial charge on any atom is -0.479 e. The van der Waals surface area contributed by atoms with Gasteiger partial charge in [0.05, 0.1) is 12.9 Å². The van der Waals surface area contributed by atoms with Crippen LogP contribution in [0.15, 0.2) is 30.7 Å². The summed E-state index contributed by atoms with van der Waals surface area (Å²) in [6.45, 7) is -0.676. The zero-order valence-corrected chi connectivity index (χ0v) is 18.0. The molecule has 4 unspecified atom stereocenters. The van der Waals surface area contributed by atoms with Gasteiger partial charge in [0.25, 0.3) is 5.60 Å². The number of aliphatic hydroxyl groups excluding tert-OH is 2. The summed E-state index contributed by atoms with van der Waals surface area (Å²) in [5.74, 6) is -3.54.